The Morgan fingerprint density at radius 3 is 2.25 bits per heavy atom. The summed E-state index contributed by atoms with van der Waals surface area (Å²) in [7, 11) is 4.11. The molecular weight excluding hydrogens is 302 g/mol. The lowest BCUT2D eigenvalue weighted by Crippen LogP contribution is -2.47. The zero-order valence-corrected chi connectivity index (χ0v) is 15.6. The number of hydrogen-bond donors (Lipinski definition) is 0. The Hall–Kier alpha value is -1.10. The highest BCUT2D eigenvalue weighted by Gasteiger charge is 2.37. The fourth-order valence-electron chi connectivity index (χ4n) is 4.62. The van der Waals surface area contributed by atoms with Gasteiger partial charge >= 0.3 is 0 Å². The molecule has 24 heavy (non-hydrogen) atoms. The Morgan fingerprint density at radius 2 is 1.75 bits per heavy atom. The second-order valence-electron chi connectivity index (χ2n) is 8.72. The molecule has 2 amide bonds. The van der Waals surface area contributed by atoms with E-state index < -0.39 is 0 Å². The van der Waals surface area contributed by atoms with Crippen LogP contribution in [0, 0.1) is 17.3 Å². The molecule has 3 fully saturated rings. The summed E-state index contributed by atoms with van der Waals surface area (Å²) in [5.74, 6) is 0.992. The third-order valence-corrected chi connectivity index (χ3v) is 6.35. The quantitative estimate of drug-likeness (QED) is 0.787. The number of amides is 2. The molecule has 136 valence electrons. The van der Waals surface area contributed by atoms with Crippen molar-refractivity contribution in [2.75, 3.05) is 46.8 Å². The minimum atomic E-state index is 0.100. The summed E-state index contributed by atoms with van der Waals surface area (Å²) in [6, 6.07) is 0. The molecule has 2 saturated heterocycles. The fraction of sp³-hybridized carbons (Fsp3) is 0.895. The second-order valence-corrected chi connectivity index (χ2v) is 8.72. The van der Waals surface area contributed by atoms with Crippen LogP contribution in [0.1, 0.15) is 45.4 Å². The first kappa shape index (κ1) is 17.7. The van der Waals surface area contributed by atoms with Crippen molar-refractivity contribution in [1.82, 2.24) is 14.7 Å². The number of likely N-dealkylation sites (tertiary alicyclic amines) is 2. The molecule has 0 bridgehead atoms. The number of carbonyl (C=O) groups excluding carboxylic acids is 2. The van der Waals surface area contributed by atoms with Crippen LogP contribution in [-0.4, -0.2) is 73.3 Å². The SMILES string of the molecule is CN1CCC(C)(CN(C)C(=O)C2CCN(C(=O)C3CCC3)CC2)C1. The standard InChI is InChI=1S/C19H33N3O2/c1-19(9-12-20(2)13-19)14-21(3)17(23)16-7-10-22(11-8-16)18(24)15-5-4-6-15/h15-16H,4-14H2,1-3H3. The fourth-order valence-corrected chi connectivity index (χ4v) is 4.62. The predicted molar refractivity (Wildman–Crippen MR) is 94.5 cm³/mol. The summed E-state index contributed by atoms with van der Waals surface area (Å²) >= 11 is 0. The van der Waals surface area contributed by atoms with Gasteiger partial charge in [-0.15, -0.1) is 0 Å². The van der Waals surface area contributed by atoms with E-state index in [1.54, 1.807) is 0 Å². The van der Waals surface area contributed by atoms with Gasteiger partial charge < -0.3 is 14.7 Å². The van der Waals surface area contributed by atoms with E-state index in [1.165, 1.54) is 6.42 Å². The van der Waals surface area contributed by atoms with Crippen LogP contribution >= 0.6 is 0 Å². The third kappa shape index (κ3) is 3.76. The van der Waals surface area contributed by atoms with Gasteiger partial charge in [0.05, 0.1) is 0 Å². The average molecular weight is 335 g/mol. The molecule has 1 unspecified atom stereocenters. The molecule has 1 atom stereocenters. The molecule has 2 heterocycles. The van der Waals surface area contributed by atoms with E-state index in [4.69, 9.17) is 0 Å². The maximum atomic E-state index is 12.8. The number of rotatable bonds is 4. The molecule has 0 radical (unpaired) electrons. The van der Waals surface area contributed by atoms with Gasteiger partial charge in [0.2, 0.25) is 11.8 Å². The summed E-state index contributed by atoms with van der Waals surface area (Å²) in [4.78, 5) is 31.4. The van der Waals surface area contributed by atoms with Crippen LogP contribution in [0.5, 0.6) is 0 Å². The van der Waals surface area contributed by atoms with E-state index in [-0.39, 0.29) is 23.2 Å². The Balaban J connectivity index is 1.46. The number of hydrogen-bond acceptors (Lipinski definition) is 3. The van der Waals surface area contributed by atoms with E-state index in [0.29, 0.717) is 5.91 Å². The number of piperidine rings is 1. The summed E-state index contributed by atoms with van der Waals surface area (Å²) in [6.07, 6.45) is 6.15. The Labute approximate surface area is 146 Å². The van der Waals surface area contributed by atoms with Gasteiger partial charge in [0.25, 0.3) is 0 Å². The molecule has 2 aliphatic heterocycles. The average Bonchev–Trinajstić information content (AvgIpc) is 2.83. The highest BCUT2D eigenvalue weighted by atomic mass is 16.2. The first-order valence-electron chi connectivity index (χ1n) is 9.60. The molecule has 1 saturated carbocycles. The molecule has 3 aliphatic rings. The molecular formula is C19H33N3O2. The van der Waals surface area contributed by atoms with Crippen molar-refractivity contribution < 1.29 is 9.59 Å². The summed E-state index contributed by atoms with van der Waals surface area (Å²) < 4.78 is 0. The number of carbonyl (C=O) groups is 2. The Bertz CT molecular complexity index is 483. The lowest BCUT2D eigenvalue weighted by atomic mass is 9.83. The van der Waals surface area contributed by atoms with E-state index in [1.807, 2.05) is 16.8 Å². The highest BCUT2D eigenvalue weighted by molar-refractivity contribution is 5.81. The van der Waals surface area contributed by atoms with Crippen molar-refractivity contribution >= 4 is 11.8 Å². The summed E-state index contributed by atoms with van der Waals surface area (Å²) in [6.45, 7) is 6.86. The summed E-state index contributed by atoms with van der Waals surface area (Å²) in [5.41, 5.74) is 0.222. The van der Waals surface area contributed by atoms with E-state index in [0.717, 1.165) is 64.8 Å². The minimum absolute atomic E-state index is 0.100. The van der Waals surface area contributed by atoms with Gasteiger partial charge in [-0.25, -0.2) is 0 Å². The Kier molecular flexibility index (Phi) is 5.19. The molecule has 0 spiro atoms. The second kappa shape index (κ2) is 7.03. The lowest BCUT2D eigenvalue weighted by Gasteiger charge is -2.38. The smallest absolute Gasteiger partial charge is 0.225 e. The molecule has 3 rings (SSSR count). The van der Waals surface area contributed by atoms with Crippen molar-refractivity contribution in [2.24, 2.45) is 17.3 Å². The van der Waals surface area contributed by atoms with Gasteiger partial charge in [0, 0.05) is 45.1 Å². The largest absolute Gasteiger partial charge is 0.345 e. The van der Waals surface area contributed by atoms with Gasteiger partial charge in [-0.1, -0.05) is 13.3 Å². The van der Waals surface area contributed by atoms with Crippen LogP contribution < -0.4 is 0 Å². The first-order chi connectivity index (χ1) is 11.4. The van der Waals surface area contributed by atoms with Crippen molar-refractivity contribution in [3.05, 3.63) is 0 Å². The van der Waals surface area contributed by atoms with Gasteiger partial charge in [-0.05, 0) is 51.1 Å². The highest BCUT2D eigenvalue weighted by Crippen LogP contribution is 2.32. The topological polar surface area (TPSA) is 43.9 Å². The van der Waals surface area contributed by atoms with E-state index >= 15 is 0 Å². The van der Waals surface area contributed by atoms with Crippen molar-refractivity contribution in [2.45, 2.75) is 45.4 Å². The van der Waals surface area contributed by atoms with Crippen LogP contribution in [0.2, 0.25) is 0 Å². The zero-order valence-electron chi connectivity index (χ0n) is 15.6. The van der Waals surface area contributed by atoms with Crippen molar-refractivity contribution in [1.29, 1.82) is 0 Å². The monoisotopic (exact) mass is 335 g/mol. The minimum Gasteiger partial charge on any atom is -0.345 e. The van der Waals surface area contributed by atoms with Gasteiger partial charge in [-0.2, -0.15) is 0 Å². The van der Waals surface area contributed by atoms with Gasteiger partial charge in [0.1, 0.15) is 0 Å². The van der Waals surface area contributed by atoms with E-state index in [9.17, 15) is 9.59 Å². The third-order valence-electron chi connectivity index (χ3n) is 6.35. The van der Waals surface area contributed by atoms with Crippen molar-refractivity contribution in [3.63, 3.8) is 0 Å². The molecule has 5 heteroatoms. The molecule has 0 aromatic rings. The van der Waals surface area contributed by atoms with Crippen LogP contribution in [0.25, 0.3) is 0 Å². The molecule has 0 aromatic carbocycles. The lowest BCUT2D eigenvalue weighted by molar-refractivity contribution is -0.144. The first-order valence-corrected chi connectivity index (χ1v) is 9.60. The number of nitrogens with zero attached hydrogens (tertiary/aromatic N) is 3. The maximum absolute atomic E-state index is 12.8. The molecule has 5 nitrogen and oxygen atoms in total. The van der Waals surface area contributed by atoms with Crippen LogP contribution in [0.15, 0.2) is 0 Å². The summed E-state index contributed by atoms with van der Waals surface area (Å²) in [5, 5.41) is 0. The van der Waals surface area contributed by atoms with Crippen LogP contribution in [0.4, 0.5) is 0 Å². The molecule has 0 N–H and O–H groups in total. The molecule has 1 aliphatic carbocycles. The van der Waals surface area contributed by atoms with Crippen molar-refractivity contribution in [3.8, 4) is 0 Å². The predicted octanol–water partition coefficient (Wildman–Crippen LogP) is 1.83. The van der Waals surface area contributed by atoms with Gasteiger partial charge in [0.15, 0.2) is 0 Å². The van der Waals surface area contributed by atoms with E-state index in [2.05, 4.69) is 18.9 Å². The van der Waals surface area contributed by atoms with Gasteiger partial charge in [-0.3, -0.25) is 9.59 Å². The maximum Gasteiger partial charge on any atom is 0.225 e. The van der Waals surface area contributed by atoms with Crippen LogP contribution in [-0.2, 0) is 9.59 Å². The van der Waals surface area contributed by atoms with Crippen LogP contribution in [0.3, 0.4) is 0 Å². The zero-order chi connectivity index (χ0) is 17.3. The molecule has 0 aromatic heterocycles. The normalized spacial score (nSPS) is 29.5. The Morgan fingerprint density at radius 1 is 1.08 bits per heavy atom.